The van der Waals surface area contributed by atoms with E-state index in [1.54, 1.807) is 24.3 Å². The molecular weight excluding hydrogens is 891 g/mol. The predicted octanol–water partition coefficient (Wildman–Crippen LogP) is 8.26. The summed E-state index contributed by atoms with van der Waals surface area (Å²) >= 11 is 0. The van der Waals surface area contributed by atoms with Gasteiger partial charge in [0.05, 0.1) is 50.9 Å². The highest BCUT2D eigenvalue weighted by Crippen LogP contribution is 2.45. The van der Waals surface area contributed by atoms with Crippen molar-refractivity contribution in [2.75, 3.05) is 70.5 Å². The van der Waals surface area contributed by atoms with Crippen LogP contribution in [0.2, 0.25) is 51.4 Å². The summed E-state index contributed by atoms with van der Waals surface area (Å²) in [6, 6.07) is 7.48. The number of ketones is 3. The Morgan fingerprint density at radius 1 is 0.627 bits per heavy atom. The summed E-state index contributed by atoms with van der Waals surface area (Å²) in [7, 11) is 0.139. The molecule has 1 saturated carbocycles. The summed E-state index contributed by atoms with van der Waals surface area (Å²) in [5, 5.41) is 0. The molecule has 1 aliphatic carbocycles. The van der Waals surface area contributed by atoms with Gasteiger partial charge in [-0.3, -0.25) is 38.6 Å². The van der Waals surface area contributed by atoms with E-state index in [4.69, 9.17) is 28.4 Å². The summed E-state index contributed by atoms with van der Waals surface area (Å²) in [5.74, 6) is -0.642. The number of benzene rings is 2. The zero-order valence-electron chi connectivity index (χ0n) is 41.9. The van der Waals surface area contributed by atoms with Gasteiger partial charge in [0, 0.05) is 78.7 Å². The number of fused-ring (bicyclic) bond motifs is 4. The molecule has 1 saturated heterocycles. The van der Waals surface area contributed by atoms with Crippen molar-refractivity contribution >= 4 is 62.6 Å². The van der Waals surface area contributed by atoms with Crippen LogP contribution in [-0.2, 0) is 28.7 Å². The van der Waals surface area contributed by atoms with Crippen LogP contribution in [0.25, 0.3) is 0 Å². The van der Waals surface area contributed by atoms with Crippen molar-refractivity contribution in [3.63, 3.8) is 0 Å². The van der Waals surface area contributed by atoms with Crippen molar-refractivity contribution in [3.8, 4) is 23.0 Å². The smallest absolute Gasteiger partial charge is 0.257 e. The van der Waals surface area contributed by atoms with Crippen LogP contribution in [0, 0.1) is 22.7 Å². The van der Waals surface area contributed by atoms with Crippen molar-refractivity contribution in [1.29, 1.82) is 0 Å². The average Bonchev–Trinajstić information content (AvgIpc) is 3.82. The van der Waals surface area contributed by atoms with Gasteiger partial charge in [-0.05, 0) is 53.8 Å². The highest BCUT2D eigenvalue weighted by Gasteiger charge is 2.46. The molecule has 15 nitrogen and oxygen atoms in total. The minimum Gasteiger partial charge on any atom is -0.493 e. The minimum absolute atomic E-state index is 0.0379. The zero-order valence-corrected chi connectivity index (χ0v) is 43.9. The average molecular weight is 964 g/mol. The molecule has 3 atom stereocenters. The second kappa shape index (κ2) is 20.6. The Hall–Kier alpha value is -4.59. The van der Waals surface area contributed by atoms with Crippen LogP contribution < -0.4 is 28.7 Å². The number of hydrogen-bond acceptors (Lipinski definition) is 12. The van der Waals surface area contributed by atoms with E-state index >= 15 is 0 Å². The fourth-order valence-corrected chi connectivity index (χ4v) is 11.1. The van der Waals surface area contributed by atoms with E-state index in [0.717, 1.165) is 12.1 Å². The molecule has 3 aliphatic heterocycles. The van der Waals surface area contributed by atoms with Crippen molar-refractivity contribution in [3.05, 3.63) is 35.4 Å². The maximum Gasteiger partial charge on any atom is 0.257 e. The third-order valence-corrected chi connectivity index (χ3v) is 16.5. The Morgan fingerprint density at radius 3 is 1.66 bits per heavy atom. The molecule has 3 amide bonds. The summed E-state index contributed by atoms with van der Waals surface area (Å²) in [4.78, 5) is 85.9. The largest absolute Gasteiger partial charge is 0.493 e. The second-order valence-electron chi connectivity index (χ2n) is 22.8. The molecule has 0 bridgehead atoms. The standard InChI is InChI=1S/C50H73N3O12Si2/c1-49(2,28-64-44-24-38-36(22-42(44)60-5)41(56)14-13-32-19-33(54)20-35(32)46(57)52(38)30-62-15-17-66(7,8)9)27-50(3,4)29-65-45-25-39-37(23-43(45)61-6)47(58)51-26-34(55)21-40(51)48(59)53(39)31-63-16-18-67(10,11)12/h22-25,32,35,40H,13-21,26-31H2,1-12H3/t32?,35-,40?/m1/s1. The number of carbonyl (C=O) groups excluding carboxylic acids is 6. The molecule has 6 rings (SSSR count). The summed E-state index contributed by atoms with van der Waals surface area (Å²) < 4.78 is 36.9. The van der Waals surface area contributed by atoms with Gasteiger partial charge in [0.15, 0.2) is 34.6 Å². The Morgan fingerprint density at radius 2 is 1.13 bits per heavy atom. The fourth-order valence-electron chi connectivity index (χ4n) is 9.63. The van der Waals surface area contributed by atoms with Gasteiger partial charge in [0.1, 0.15) is 25.3 Å². The van der Waals surface area contributed by atoms with E-state index in [2.05, 4.69) is 67.0 Å². The van der Waals surface area contributed by atoms with Gasteiger partial charge in [-0.15, -0.1) is 0 Å². The molecular formula is C50H73N3O12Si2. The number of ether oxygens (including phenoxy) is 6. The lowest BCUT2D eigenvalue weighted by molar-refractivity contribution is -0.126. The van der Waals surface area contributed by atoms with Gasteiger partial charge in [-0.2, -0.15) is 0 Å². The van der Waals surface area contributed by atoms with Crippen molar-refractivity contribution < 1.29 is 57.2 Å². The van der Waals surface area contributed by atoms with Crippen LogP contribution in [0.5, 0.6) is 23.0 Å². The van der Waals surface area contributed by atoms with Crippen LogP contribution in [0.15, 0.2) is 24.3 Å². The van der Waals surface area contributed by atoms with E-state index in [1.165, 1.54) is 28.9 Å². The number of carbonyl (C=O) groups is 6. The molecule has 2 unspecified atom stereocenters. The van der Waals surface area contributed by atoms with Crippen LogP contribution in [-0.4, -0.2) is 123 Å². The van der Waals surface area contributed by atoms with Crippen LogP contribution >= 0.6 is 0 Å². The molecule has 2 fully saturated rings. The molecule has 0 aromatic heterocycles. The lowest BCUT2D eigenvalue weighted by Gasteiger charge is -2.35. The van der Waals surface area contributed by atoms with Crippen molar-refractivity contribution in [2.45, 2.75) is 124 Å². The Labute approximate surface area is 398 Å². The lowest BCUT2D eigenvalue weighted by atomic mass is 9.76. The molecule has 0 spiro atoms. The quantitative estimate of drug-likeness (QED) is 0.0922. The Bertz CT molecular complexity index is 2230. The van der Waals surface area contributed by atoms with E-state index in [0.29, 0.717) is 66.0 Å². The van der Waals surface area contributed by atoms with E-state index in [1.807, 2.05) is 0 Å². The fraction of sp³-hybridized carbons (Fsp3) is 0.640. The number of methoxy groups -OCH3 is 2. The number of amides is 3. The first-order chi connectivity index (χ1) is 31.3. The van der Waals surface area contributed by atoms with Gasteiger partial charge in [-0.1, -0.05) is 67.0 Å². The third-order valence-electron chi connectivity index (χ3n) is 13.1. The number of anilines is 2. The van der Waals surface area contributed by atoms with E-state index in [9.17, 15) is 28.8 Å². The van der Waals surface area contributed by atoms with Crippen molar-refractivity contribution in [1.82, 2.24) is 4.90 Å². The topological polar surface area (TPSA) is 168 Å². The summed E-state index contributed by atoms with van der Waals surface area (Å²) in [6.07, 6.45) is 1.66. The molecule has 2 aromatic rings. The molecule has 67 heavy (non-hydrogen) atoms. The molecule has 4 aliphatic rings. The first kappa shape index (κ1) is 51.8. The number of rotatable bonds is 20. The van der Waals surface area contributed by atoms with E-state index in [-0.39, 0.29) is 99.5 Å². The normalized spacial score (nSPS) is 20.5. The molecule has 368 valence electrons. The number of nitrogens with zero attached hydrogens (tertiary/aromatic N) is 3. The van der Waals surface area contributed by atoms with Gasteiger partial charge >= 0.3 is 0 Å². The summed E-state index contributed by atoms with van der Waals surface area (Å²) in [6.45, 7) is 22.9. The molecule has 3 heterocycles. The first-order valence-electron chi connectivity index (χ1n) is 23.7. The zero-order chi connectivity index (χ0) is 49.2. The monoisotopic (exact) mass is 963 g/mol. The van der Waals surface area contributed by atoms with Gasteiger partial charge in [0.25, 0.3) is 11.8 Å². The number of Topliss-reactive ketones (excluding diaryl/α,β-unsaturated/α-hetero) is 3. The van der Waals surface area contributed by atoms with Crippen molar-refractivity contribution in [2.24, 2.45) is 22.7 Å². The molecule has 2 aromatic carbocycles. The van der Waals surface area contributed by atoms with E-state index < -0.39 is 44.8 Å². The maximum absolute atomic E-state index is 14.4. The highest BCUT2D eigenvalue weighted by molar-refractivity contribution is 6.76. The predicted molar refractivity (Wildman–Crippen MR) is 261 cm³/mol. The lowest BCUT2D eigenvalue weighted by Crippen LogP contribution is -2.45. The molecule has 0 N–H and O–H groups in total. The Kier molecular flexibility index (Phi) is 15.9. The van der Waals surface area contributed by atoms with Crippen LogP contribution in [0.1, 0.15) is 86.9 Å². The van der Waals surface area contributed by atoms with Gasteiger partial charge in [0.2, 0.25) is 5.91 Å². The van der Waals surface area contributed by atoms with Gasteiger partial charge < -0.3 is 33.3 Å². The Balaban J connectivity index is 1.21. The molecule has 17 heteroatoms. The van der Waals surface area contributed by atoms with Gasteiger partial charge in [-0.25, -0.2) is 0 Å². The van der Waals surface area contributed by atoms with Crippen LogP contribution in [0.3, 0.4) is 0 Å². The second-order valence-corrected chi connectivity index (χ2v) is 34.1. The highest BCUT2D eigenvalue weighted by atomic mass is 28.3. The first-order valence-corrected chi connectivity index (χ1v) is 31.1. The summed E-state index contributed by atoms with van der Waals surface area (Å²) in [5.41, 5.74) is 0.395. The van der Waals surface area contributed by atoms with Crippen LogP contribution in [0.4, 0.5) is 11.4 Å². The third kappa shape index (κ3) is 12.7. The molecule has 0 radical (unpaired) electrons. The SMILES string of the molecule is COc1cc2c(cc1OCC(C)(C)CC(C)(C)COc1cc3c(cc1OC)C(=O)CCC1CC(=O)C[C@H]1C(=O)N3COCC[Si](C)(C)C)N(COCC[Si](C)(C)C)C(=O)C1CC(=O)CN1C2=O. The maximum atomic E-state index is 14.4. The minimum atomic E-state index is -1.44. The number of hydrogen-bond donors (Lipinski definition) is 0.